The van der Waals surface area contributed by atoms with Crippen molar-refractivity contribution in [1.29, 1.82) is 0 Å². The predicted molar refractivity (Wildman–Crippen MR) is 97.3 cm³/mol. The molecule has 6 N–H and O–H groups in total. The van der Waals surface area contributed by atoms with Crippen LogP contribution in [-0.4, -0.2) is 48.5 Å². The van der Waals surface area contributed by atoms with Gasteiger partial charge in [-0.25, -0.2) is 11.0 Å². The van der Waals surface area contributed by atoms with Crippen LogP contribution in [0.5, 0.6) is 0 Å². The van der Waals surface area contributed by atoms with E-state index < -0.39 is 0 Å². The number of aryl methyl sites for hydroxylation is 1. The van der Waals surface area contributed by atoms with Gasteiger partial charge in [-0.2, -0.15) is 0 Å². The third-order valence-corrected chi connectivity index (χ3v) is 4.79. The largest absolute Gasteiger partial charge is 0.395 e. The quantitative estimate of drug-likeness (QED) is 0.138. The topological polar surface area (TPSA) is 109 Å². The molecule has 1 aliphatic heterocycles. The van der Waals surface area contributed by atoms with E-state index in [4.69, 9.17) is 21.4 Å². The highest BCUT2D eigenvalue weighted by molar-refractivity contribution is 7.97. The summed E-state index contributed by atoms with van der Waals surface area (Å²) in [5.74, 6) is 6.33. The summed E-state index contributed by atoms with van der Waals surface area (Å²) in [7, 11) is 0. The van der Waals surface area contributed by atoms with Gasteiger partial charge in [0.1, 0.15) is 0 Å². The molecule has 1 aromatic rings. The Balaban J connectivity index is 1.94. The molecule has 0 aliphatic carbocycles. The lowest BCUT2D eigenvalue weighted by molar-refractivity contribution is -0.00546. The molecule has 8 heteroatoms. The first-order valence-corrected chi connectivity index (χ1v) is 9.01. The lowest BCUT2D eigenvalue weighted by Crippen LogP contribution is -2.38. The van der Waals surface area contributed by atoms with E-state index in [9.17, 15) is 0 Å². The van der Waals surface area contributed by atoms with E-state index in [0.29, 0.717) is 18.9 Å². The molecule has 134 valence electrons. The summed E-state index contributed by atoms with van der Waals surface area (Å²) in [6.45, 7) is 4.00. The second kappa shape index (κ2) is 9.85. The minimum atomic E-state index is 0.112. The van der Waals surface area contributed by atoms with Crippen LogP contribution in [0.15, 0.2) is 28.2 Å². The fourth-order valence-corrected chi connectivity index (χ4v) is 3.20. The summed E-state index contributed by atoms with van der Waals surface area (Å²) in [4.78, 5) is 1.08. The number of ether oxygens (including phenoxy) is 1. The van der Waals surface area contributed by atoms with Crippen molar-refractivity contribution in [1.82, 2.24) is 9.84 Å². The van der Waals surface area contributed by atoms with Crippen LogP contribution < -0.4 is 16.3 Å². The molecular formula is C16H27N5O2S. The fourth-order valence-electron chi connectivity index (χ4n) is 2.49. The SMILES string of the molecule is Cc1cc(/C(N)=N/N(N)CC2CCCCO2)ccc1SNCCO. The summed E-state index contributed by atoms with van der Waals surface area (Å²) >= 11 is 1.49. The van der Waals surface area contributed by atoms with Gasteiger partial charge in [0.2, 0.25) is 0 Å². The lowest BCUT2D eigenvalue weighted by atomic mass is 10.1. The third-order valence-electron chi connectivity index (χ3n) is 3.77. The Bertz CT molecular complexity index is 549. The van der Waals surface area contributed by atoms with Gasteiger partial charge < -0.3 is 15.6 Å². The second-order valence-electron chi connectivity index (χ2n) is 5.80. The van der Waals surface area contributed by atoms with Gasteiger partial charge in [-0.05, 0) is 55.8 Å². The molecule has 0 spiro atoms. The highest BCUT2D eigenvalue weighted by Gasteiger charge is 2.16. The van der Waals surface area contributed by atoms with E-state index in [-0.39, 0.29) is 12.7 Å². The van der Waals surface area contributed by atoms with Crippen molar-refractivity contribution in [3.63, 3.8) is 0 Å². The molecule has 0 radical (unpaired) electrons. The number of hydrazone groups is 1. The standard InChI is InChI=1S/C16H27N5O2S/c1-12-10-13(5-6-15(12)24-19-7-8-22)16(17)20-21(18)11-14-4-2-3-9-23-14/h5-6,10,14,19,22H,2-4,7-9,11,18H2,1H3,(H2,17,20). The smallest absolute Gasteiger partial charge is 0.152 e. The lowest BCUT2D eigenvalue weighted by Gasteiger charge is -2.25. The minimum Gasteiger partial charge on any atom is -0.395 e. The monoisotopic (exact) mass is 353 g/mol. The summed E-state index contributed by atoms with van der Waals surface area (Å²) in [6, 6.07) is 5.87. The first-order valence-electron chi connectivity index (χ1n) is 8.19. The number of hydrogen-bond donors (Lipinski definition) is 4. The average Bonchev–Trinajstić information content (AvgIpc) is 2.57. The van der Waals surface area contributed by atoms with Crippen molar-refractivity contribution in [2.24, 2.45) is 16.7 Å². The molecule has 1 aromatic carbocycles. The third kappa shape index (κ3) is 5.95. The Morgan fingerprint density at radius 3 is 3.00 bits per heavy atom. The van der Waals surface area contributed by atoms with E-state index in [0.717, 1.165) is 35.5 Å². The van der Waals surface area contributed by atoms with Crippen LogP contribution in [0.3, 0.4) is 0 Å². The van der Waals surface area contributed by atoms with Crippen molar-refractivity contribution in [3.05, 3.63) is 29.3 Å². The van der Waals surface area contributed by atoms with Crippen LogP contribution in [0.4, 0.5) is 0 Å². The normalized spacial score (nSPS) is 18.6. The zero-order valence-corrected chi connectivity index (χ0v) is 14.9. The summed E-state index contributed by atoms with van der Waals surface area (Å²) < 4.78 is 8.74. The van der Waals surface area contributed by atoms with Gasteiger partial charge in [-0.1, -0.05) is 6.07 Å². The minimum absolute atomic E-state index is 0.112. The Morgan fingerprint density at radius 2 is 2.33 bits per heavy atom. The maximum Gasteiger partial charge on any atom is 0.152 e. The molecule has 1 aliphatic rings. The average molecular weight is 353 g/mol. The van der Waals surface area contributed by atoms with Crippen LogP contribution in [0.2, 0.25) is 0 Å². The molecule has 1 heterocycles. The van der Waals surface area contributed by atoms with Crippen LogP contribution >= 0.6 is 11.9 Å². The summed E-state index contributed by atoms with van der Waals surface area (Å²) in [5, 5.41) is 14.4. The van der Waals surface area contributed by atoms with E-state index >= 15 is 0 Å². The molecule has 1 fully saturated rings. The molecule has 0 bridgehead atoms. The van der Waals surface area contributed by atoms with E-state index in [1.54, 1.807) is 0 Å². The maximum atomic E-state index is 8.80. The molecule has 0 aromatic heterocycles. The summed E-state index contributed by atoms with van der Waals surface area (Å²) in [5.41, 5.74) is 7.99. The number of aliphatic hydroxyl groups excluding tert-OH is 1. The number of hydrazine groups is 1. The molecular weight excluding hydrogens is 326 g/mol. The van der Waals surface area contributed by atoms with Gasteiger partial charge in [-0.3, -0.25) is 4.72 Å². The molecule has 1 atom stereocenters. The van der Waals surface area contributed by atoms with Crippen molar-refractivity contribution in [2.45, 2.75) is 37.2 Å². The number of nitrogens with two attached hydrogens (primary N) is 2. The number of amidine groups is 1. The van der Waals surface area contributed by atoms with Gasteiger partial charge in [-0.15, -0.1) is 5.10 Å². The maximum absolute atomic E-state index is 8.80. The van der Waals surface area contributed by atoms with Crippen molar-refractivity contribution in [3.8, 4) is 0 Å². The Morgan fingerprint density at radius 1 is 1.50 bits per heavy atom. The number of aliphatic hydroxyl groups is 1. The van der Waals surface area contributed by atoms with Gasteiger partial charge in [0.15, 0.2) is 5.84 Å². The van der Waals surface area contributed by atoms with Crippen molar-refractivity contribution >= 4 is 17.8 Å². The number of nitrogens with one attached hydrogen (secondary N) is 1. The van der Waals surface area contributed by atoms with Crippen LogP contribution in [0.25, 0.3) is 0 Å². The van der Waals surface area contributed by atoms with Gasteiger partial charge >= 0.3 is 0 Å². The van der Waals surface area contributed by atoms with E-state index in [1.165, 1.54) is 23.5 Å². The molecule has 1 saturated heterocycles. The molecule has 0 amide bonds. The molecule has 7 nitrogen and oxygen atoms in total. The predicted octanol–water partition coefficient (Wildman–Crippen LogP) is 0.949. The van der Waals surface area contributed by atoms with Gasteiger partial charge in [0, 0.05) is 23.6 Å². The van der Waals surface area contributed by atoms with Gasteiger partial charge in [0.25, 0.3) is 0 Å². The number of hydrogen-bond acceptors (Lipinski definition) is 7. The number of benzene rings is 1. The van der Waals surface area contributed by atoms with Crippen LogP contribution in [-0.2, 0) is 4.74 Å². The Kier molecular flexibility index (Phi) is 7.80. The Hall–Kier alpha value is -1.32. The zero-order chi connectivity index (χ0) is 17.4. The fraction of sp³-hybridized carbons (Fsp3) is 0.562. The molecule has 1 unspecified atom stereocenters. The number of rotatable bonds is 8. The van der Waals surface area contributed by atoms with Crippen molar-refractivity contribution < 1.29 is 9.84 Å². The van der Waals surface area contributed by atoms with E-state index in [1.807, 2.05) is 25.1 Å². The first kappa shape index (κ1) is 19.0. The van der Waals surface area contributed by atoms with Crippen LogP contribution in [0.1, 0.15) is 30.4 Å². The highest BCUT2D eigenvalue weighted by Crippen LogP contribution is 2.20. The Labute approximate surface area is 147 Å². The van der Waals surface area contributed by atoms with Crippen molar-refractivity contribution in [2.75, 3.05) is 26.3 Å². The first-order chi connectivity index (χ1) is 11.6. The second-order valence-corrected chi connectivity index (χ2v) is 6.73. The number of nitrogens with zero attached hydrogens (tertiary/aromatic N) is 2. The van der Waals surface area contributed by atoms with E-state index in [2.05, 4.69) is 9.82 Å². The molecule has 2 rings (SSSR count). The molecule has 0 saturated carbocycles. The zero-order valence-electron chi connectivity index (χ0n) is 14.1. The molecule has 24 heavy (non-hydrogen) atoms. The van der Waals surface area contributed by atoms with Gasteiger partial charge in [0.05, 0.1) is 19.3 Å². The van der Waals surface area contributed by atoms with Crippen LogP contribution in [0, 0.1) is 6.92 Å². The highest BCUT2D eigenvalue weighted by atomic mass is 32.2. The summed E-state index contributed by atoms with van der Waals surface area (Å²) in [6.07, 6.45) is 3.41.